The molecule has 0 radical (unpaired) electrons. The smallest absolute Gasteiger partial charge is 0.0594 e. The molecule has 1 aliphatic carbocycles. The van der Waals surface area contributed by atoms with Gasteiger partial charge in [-0.05, 0) is 38.5 Å². The molecule has 1 saturated carbocycles. The fourth-order valence-electron chi connectivity index (χ4n) is 1.49. The van der Waals surface area contributed by atoms with Crippen LogP contribution in [-0.2, 0) is 4.74 Å². The van der Waals surface area contributed by atoms with Gasteiger partial charge >= 0.3 is 0 Å². The summed E-state index contributed by atoms with van der Waals surface area (Å²) in [5, 5.41) is 3.51. The van der Waals surface area contributed by atoms with Crippen LogP contribution in [0, 0.1) is 11.8 Å². The largest absolute Gasteiger partial charge is 0.377 e. The molecule has 1 rings (SSSR count). The van der Waals surface area contributed by atoms with Crippen molar-refractivity contribution in [1.29, 1.82) is 0 Å². The van der Waals surface area contributed by atoms with Crippen molar-refractivity contribution < 1.29 is 4.74 Å². The van der Waals surface area contributed by atoms with E-state index < -0.39 is 0 Å². The Balaban J connectivity index is 1.93. The molecule has 1 fully saturated rings. The maximum atomic E-state index is 5.69. The lowest BCUT2D eigenvalue weighted by Gasteiger charge is -2.18. The van der Waals surface area contributed by atoms with Crippen LogP contribution in [-0.4, -0.2) is 25.3 Å². The van der Waals surface area contributed by atoms with Gasteiger partial charge in [-0.15, -0.1) is 0 Å². The third kappa shape index (κ3) is 4.43. The summed E-state index contributed by atoms with van der Waals surface area (Å²) in [5.41, 5.74) is 0. The second-order valence-corrected chi connectivity index (χ2v) is 4.90. The predicted molar refractivity (Wildman–Crippen MR) is 60.4 cm³/mol. The molecule has 0 spiro atoms. The first-order chi connectivity index (χ1) is 6.61. The van der Waals surface area contributed by atoms with E-state index in [1.54, 1.807) is 0 Å². The fraction of sp³-hybridized carbons (Fsp3) is 1.00. The summed E-state index contributed by atoms with van der Waals surface area (Å²) in [6.07, 6.45) is 3.21. The second-order valence-electron chi connectivity index (χ2n) is 4.90. The Hall–Kier alpha value is -0.0800. The zero-order chi connectivity index (χ0) is 10.6. The zero-order valence-electron chi connectivity index (χ0n) is 10.0. The van der Waals surface area contributed by atoms with Gasteiger partial charge in [0.2, 0.25) is 0 Å². The molecule has 1 aliphatic rings. The standard InChI is InChI=1S/C12H25NO/c1-9(2)11(4)14-8-7-13-10(3)12-5-6-12/h9-13H,5-8H2,1-4H3. The lowest BCUT2D eigenvalue weighted by Crippen LogP contribution is -2.32. The van der Waals surface area contributed by atoms with Crippen molar-refractivity contribution >= 4 is 0 Å². The highest BCUT2D eigenvalue weighted by Crippen LogP contribution is 2.32. The van der Waals surface area contributed by atoms with Gasteiger partial charge in [-0.2, -0.15) is 0 Å². The Labute approximate surface area is 88.4 Å². The topological polar surface area (TPSA) is 21.3 Å². The first-order valence-corrected chi connectivity index (χ1v) is 5.96. The van der Waals surface area contributed by atoms with Gasteiger partial charge in [0.1, 0.15) is 0 Å². The number of ether oxygens (including phenoxy) is 1. The summed E-state index contributed by atoms with van der Waals surface area (Å²) in [6, 6.07) is 0.688. The van der Waals surface area contributed by atoms with Crippen LogP contribution in [0.25, 0.3) is 0 Å². The van der Waals surface area contributed by atoms with E-state index in [0.29, 0.717) is 18.1 Å². The zero-order valence-corrected chi connectivity index (χ0v) is 10.0. The minimum Gasteiger partial charge on any atom is -0.377 e. The minimum absolute atomic E-state index is 0.382. The highest BCUT2D eigenvalue weighted by atomic mass is 16.5. The maximum Gasteiger partial charge on any atom is 0.0594 e. The molecule has 84 valence electrons. The van der Waals surface area contributed by atoms with Crippen molar-refractivity contribution in [3.63, 3.8) is 0 Å². The van der Waals surface area contributed by atoms with Gasteiger partial charge in [0.05, 0.1) is 12.7 Å². The van der Waals surface area contributed by atoms with E-state index in [9.17, 15) is 0 Å². The van der Waals surface area contributed by atoms with Gasteiger partial charge in [-0.1, -0.05) is 13.8 Å². The number of hydrogen-bond acceptors (Lipinski definition) is 2. The van der Waals surface area contributed by atoms with Crippen molar-refractivity contribution in [1.82, 2.24) is 5.32 Å². The van der Waals surface area contributed by atoms with Crippen LogP contribution >= 0.6 is 0 Å². The van der Waals surface area contributed by atoms with E-state index in [-0.39, 0.29) is 0 Å². The van der Waals surface area contributed by atoms with Gasteiger partial charge < -0.3 is 10.1 Å². The molecule has 0 heterocycles. The van der Waals surface area contributed by atoms with E-state index in [2.05, 4.69) is 33.0 Å². The van der Waals surface area contributed by atoms with Crippen molar-refractivity contribution in [2.45, 2.75) is 52.7 Å². The molecule has 2 unspecified atom stereocenters. The molecule has 0 aliphatic heterocycles. The Bertz CT molecular complexity index is 144. The first-order valence-electron chi connectivity index (χ1n) is 5.96. The van der Waals surface area contributed by atoms with E-state index in [0.717, 1.165) is 19.1 Å². The van der Waals surface area contributed by atoms with Crippen molar-refractivity contribution in [3.05, 3.63) is 0 Å². The lowest BCUT2D eigenvalue weighted by atomic mass is 10.1. The molecule has 0 bridgehead atoms. The van der Waals surface area contributed by atoms with Crippen LogP contribution < -0.4 is 5.32 Å². The lowest BCUT2D eigenvalue weighted by molar-refractivity contribution is 0.0363. The molecule has 0 aromatic rings. The molecule has 2 heteroatoms. The molecular formula is C12H25NO. The van der Waals surface area contributed by atoms with Gasteiger partial charge in [0.25, 0.3) is 0 Å². The monoisotopic (exact) mass is 199 g/mol. The number of rotatable bonds is 7. The van der Waals surface area contributed by atoms with Gasteiger partial charge in [0, 0.05) is 12.6 Å². The van der Waals surface area contributed by atoms with Gasteiger partial charge in [0.15, 0.2) is 0 Å². The van der Waals surface area contributed by atoms with Crippen LogP contribution in [0.15, 0.2) is 0 Å². The molecule has 0 aromatic heterocycles. The molecule has 2 nitrogen and oxygen atoms in total. The van der Waals surface area contributed by atoms with Crippen molar-refractivity contribution in [2.75, 3.05) is 13.2 Å². The van der Waals surface area contributed by atoms with E-state index in [1.165, 1.54) is 12.8 Å². The summed E-state index contributed by atoms with van der Waals surface area (Å²) >= 11 is 0. The minimum atomic E-state index is 0.382. The van der Waals surface area contributed by atoms with Crippen LogP contribution in [0.2, 0.25) is 0 Å². The van der Waals surface area contributed by atoms with Crippen LogP contribution in [0.4, 0.5) is 0 Å². The normalized spacial score (nSPS) is 21.2. The Morgan fingerprint density at radius 2 is 1.86 bits per heavy atom. The number of hydrogen-bond donors (Lipinski definition) is 1. The van der Waals surface area contributed by atoms with Crippen LogP contribution in [0.3, 0.4) is 0 Å². The summed E-state index contributed by atoms with van der Waals surface area (Å²) < 4.78 is 5.69. The predicted octanol–water partition coefficient (Wildman–Crippen LogP) is 2.44. The quantitative estimate of drug-likeness (QED) is 0.636. The van der Waals surface area contributed by atoms with Crippen molar-refractivity contribution in [3.8, 4) is 0 Å². The molecule has 0 saturated heterocycles. The third-order valence-electron chi connectivity index (χ3n) is 3.22. The maximum absolute atomic E-state index is 5.69. The third-order valence-corrected chi connectivity index (χ3v) is 3.22. The SMILES string of the molecule is CC(C)C(C)OCCNC(C)C1CC1. The highest BCUT2D eigenvalue weighted by molar-refractivity contribution is 4.82. The summed E-state index contributed by atoms with van der Waals surface area (Å²) in [5.74, 6) is 1.56. The highest BCUT2D eigenvalue weighted by Gasteiger charge is 2.27. The molecule has 0 amide bonds. The molecular weight excluding hydrogens is 174 g/mol. The number of nitrogens with one attached hydrogen (secondary N) is 1. The average molecular weight is 199 g/mol. The van der Waals surface area contributed by atoms with Crippen LogP contribution in [0.5, 0.6) is 0 Å². The first kappa shape index (κ1) is 12.0. The van der Waals surface area contributed by atoms with E-state index >= 15 is 0 Å². The Morgan fingerprint density at radius 1 is 1.21 bits per heavy atom. The molecule has 1 N–H and O–H groups in total. The van der Waals surface area contributed by atoms with Crippen LogP contribution in [0.1, 0.15) is 40.5 Å². The fourth-order valence-corrected chi connectivity index (χ4v) is 1.49. The Kier molecular flexibility index (Phi) is 4.90. The molecule has 0 aromatic carbocycles. The average Bonchev–Trinajstić information content (AvgIpc) is 2.94. The van der Waals surface area contributed by atoms with Crippen molar-refractivity contribution in [2.24, 2.45) is 11.8 Å². The van der Waals surface area contributed by atoms with E-state index in [1.807, 2.05) is 0 Å². The molecule has 2 atom stereocenters. The second kappa shape index (κ2) is 5.72. The molecule has 14 heavy (non-hydrogen) atoms. The van der Waals surface area contributed by atoms with Gasteiger partial charge in [-0.3, -0.25) is 0 Å². The summed E-state index contributed by atoms with van der Waals surface area (Å²) in [7, 11) is 0. The van der Waals surface area contributed by atoms with E-state index in [4.69, 9.17) is 4.74 Å². The summed E-state index contributed by atoms with van der Waals surface area (Å²) in [6.45, 7) is 10.7. The Morgan fingerprint density at radius 3 is 2.36 bits per heavy atom. The summed E-state index contributed by atoms with van der Waals surface area (Å²) in [4.78, 5) is 0. The van der Waals surface area contributed by atoms with Gasteiger partial charge in [-0.25, -0.2) is 0 Å².